The van der Waals surface area contributed by atoms with Crippen molar-refractivity contribution in [1.82, 2.24) is 9.88 Å². The summed E-state index contributed by atoms with van der Waals surface area (Å²) in [6.07, 6.45) is 3.18. The number of likely N-dealkylation sites (tertiary alicyclic amines) is 1. The summed E-state index contributed by atoms with van der Waals surface area (Å²) in [5, 5.41) is 0.759. The van der Waals surface area contributed by atoms with Crippen molar-refractivity contribution in [3.8, 4) is 10.8 Å². The zero-order valence-electron chi connectivity index (χ0n) is 13.8. The van der Waals surface area contributed by atoms with Crippen molar-refractivity contribution in [2.45, 2.75) is 39.2 Å². The smallest absolute Gasteiger partial charge is 0.266 e. The average Bonchev–Trinajstić information content (AvgIpc) is 3.12. The molecule has 0 aliphatic carbocycles. The van der Waals surface area contributed by atoms with Crippen molar-refractivity contribution < 1.29 is 9.21 Å². The Morgan fingerprint density at radius 2 is 2.12 bits per heavy atom. The number of halogens is 2. The molecule has 0 aromatic carbocycles. The lowest BCUT2D eigenvalue weighted by molar-refractivity contribution is 0.0627. The van der Waals surface area contributed by atoms with Gasteiger partial charge in [-0.05, 0) is 45.2 Å². The second-order valence-corrected chi connectivity index (χ2v) is 6.73. The summed E-state index contributed by atoms with van der Waals surface area (Å²) < 4.78 is 5.61. The second kappa shape index (κ2) is 8.85. The summed E-state index contributed by atoms with van der Waals surface area (Å²) in [6.45, 7) is 5.08. The zero-order valence-corrected chi connectivity index (χ0v) is 16.2. The first-order valence-corrected chi connectivity index (χ1v) is 8.47. The number of rotatable bonds is 3. The Morgan fingerprint density at radius 3 is 2.75 bits per heavy atom. The minimum absolute atomic E-state index is 0. The second-order valence-electron chi connectivity index (χ2n) is 5.73. The molecule has 1 unspecified atom stereocenters. The Bertz CT molecular complexity index is 687. The highest BCUT2D eigenvalue weighted by Crippen LogP contribution is 2.31. The summed E-state index contributed by atoms with van der Waals surface area (Å²) >= 11 is 1.40. The number of nitrogens with zero attached hydrogens (tertiary/aromatic N) is 2. The Kier molecular flexibility index (Phi) is 7.73. The maximum absolute atomic E-state index is 12.8. The van der Waals surface area contributed by atoms with E-state index in [4.69, 9.17) is 10.2 Å². The molecule has 1 aliphatic rings. The Labute approximate surface area is 158 Å². The average molecular weight is 392 g/mol. The van der Waals surface area contributed by atoms with Gasteiger partial charge in [-0.2, -0.15) is 0 Å². The number of aryl methyl sites for hydroxylation is 2. The number of hydrogen-bond acceptors (Lipinski definition) is 5. The summed E-state index contributed by atoms with van der Waals surface area (Å²) in [6, 6.07) is 3.95. The van der Waals surface area contributed by atoms with Gasteiger partial charge in [0.2, 0.25) is 0 Å². The maximum Gasteiger partial charge on any atom is 0.266 e. The first-order chi connectivity index (χ1) is 10.6. The molecular weight excluding hydrogens is 369 g/mol. The van der Waals surface area contributed by atoms with Crippen LogP contribution in [0.4, 0.5) is 0 Å². The van der Waals surface area contributed by atoms with Gasteiger partial charge in [-0.1, -0.05) is 0 Å². The van der Waals surface area contributed by atoms with E-state index in [9.17, 15) is 4.79 Å². The number of aromatic nitrogens is 1. The third-order valence-electron chi connectivity index (χ3n) is 4.10. The molecule has 3 heterocycles. The third-order valence-corrected chi connectivity index (χ3v) is 5.26. The molecule has 0 spiro atoms. The quantitative estimate of drug-likeness (QED) is 0.862. The summed E-state index contributed by atoms with van der Waals surface area (Å²) in [7, 11) is 0. The van der Waals surface area contributed by atoms with Crippen molar-refractivity contribution in [2.75, 3.05) is 13.1 Å². The monoisotopic (exact) mass is 391 g/mol. The Hall–Kier alpha value is -1.08. The Balaban J connectivity index is 0.00000144. The standard InChI is InChI=1S/C16H21N3O2S.2ClH/c1-10-6-7-13(21-10)15-18-11(2)14(22-15)16(20)19-8-4-3-5-12(19)9-17;;/h6-7,12H,3-5,8-9,17H2,1-2H3;2*1H. The molecule has 0 radical (unpaired) electrons. The number of carbonyl (C=O) groups excluding carboxylic acids is 1. The van der Waals surface area contributed by atoms with Gasteiger partial charge in [0.1, 0.15) is 10.6 Å². The number of amides is 1. The molecule has 0 saturated carbocycles. The molecule has 1 amide bonds. The van der Waals surface area contributed by atoms with E-state index in [0.717, 1.165) is 48.0 Å². The molecular formula is C16H23Cl2N3O2S. The number of hydrogen-bond donors (Lipinski definition) is 1. The van der Waals surface area contributed by atoms with E-state index in [2.05, 4.69) is 4.98 Å². The molecule has 1 aliphatic heterocycles. The van der Waals surface area contributed by atoms with Crippen LogP contribution >= 0.6 is 36.2 Å². The van der Waals surface area contributed by atoms with E-state index >= 15 is 0 Å². The van der Waals surface area contributed by atoms with Gasteiger partial charge in [-0.15, -0.1) is 36.2 Å². The first-order valence-electron chi connectivity index (χ1n) is 7.65. The number of piperidine rings is 1. The van der Waals surface area contributed by atoms with Gasteiger partial charge in [0.05, 0.1) is 5.69 Å². The minimum Gasteiger partial charge on any atom is -0.459 e. The van der Waals surface area contributed by atoms with Crippen molar-refractivity contribution in [1.29, 1.82) is 0 Å². The van der Waals surface area contributed by atoms with E-state index in [1.807, 2.05) is 30.9 Å². The minimum atomic E-state index is 0. The van der Waals surface area contributed by atoms with Crippen LogP contribution in [-0.2, 0) is 0 Å². The van der Waals surface area contributed by atoms with Crippen LogP contribution in [0.15, 0.2) is 16.5 Å². The molecule has 5 nitrogen and oxygen atoms in total. The van der Waals surface area contributed by atoms with Crippen LogP contribution < -0.4 is 5.73 Å². The van der Waals surface area contributed by atoms with Crippen LogP contribution in [0.2, 0.25) is 0 Å². The summed E-state index contributed by atoms with van der Waals surface area (Å²) in [5.74, 6) is 1.62. The predicted octanol–water partition coefficient (Wildman–Crippen LogP) is 3.82. The fourth-order valence-electron chi connectivity index (χ4n) is 2.89. The molecule has 0 bridgehead atoms. The molecule has 1 atom stereocenters. The van der Waals surface area contributed by atoms with Crippen LogP contribution in [0.1, 0.15) is 40.4 Å². The molecule has 1 fully saturated rings. The van der Waals surface area contributed by atoms with E-state index in [1.165, 1.54) is 11.3 Å². The third kappa shape index (κ3) is 4.11. The molecule has 1 saturated heterocycles. The van der Waals surface area contributed by atoms with Crippen molar-refractivity contribution >= 4 is 42.1 Å². The molecule has 134 valence electrons. The Morgan fingerprint density at radius 1 is 1.38 bits per heavy atom. The SMILES string of the molecule is Cc1ccc(-c2nc(C)c(C(=O)N3CCCCC3CN)s2)o1.Cl.Cl. The lowest BCUT2D eigenvalue weighted by Gasteiger charge is -2.34. The van der Waals surface area contributed by atoms with Gasteiger partial charge < -0.3 is 15.1 Å². The summed E-state index contributed by atoms with van der Waals surface area (Å²) in [5.41, 5.74) is 6.59. The molecule has 2 aromatic rings. The van der Waals surface area contributed by atoms with Crippen molar-refractivity contribution in [3.63, 3.8) is 0 Å². The van der Waals surface area contributed by atoms with Crippen LogP contribution in [0.5, 0.6) is 0 Å². The van der Waals surface area contributed by atoms with E-state index < -0.39 is 0 Å². The molecule has 8 heteroatoms. The van der Waals surface area contributed by atoms with Gasteiger partial charge >= 0.3 is 0 Å². The normalized spacial score (nSPS) is 17.1. The zero-order chi connectivity index (χ0) is 15.7. The highest BCUT2D eigenvalue weighted by atomic mass is 35.5. The fourth-order valence-corrected chi connectivity index (χ4v) is 3.88. The van der Waals surface area contributed by atoms with E-state index in [-0.39, 0.29) is 36.8 Å². The van der Waals surface area contributed by atoms with E-state index in [0.29, 0.717) is 11.4 Å². The molecule has 2 N–H and O–H groups in total. The van der Waals surface area contributed by atoms with Gasteiger partial charge in [-0.3, -0.25) is 4.79 Å². The van der Waals surface area contributed by atoms with Crippen molar-refractivity contribution in [2.24, 2.45) is 5.73 Å². The maximum atomic E-state index is 12.8. The van der Waals surface area contributed by atoms with Crippen LogP contribution in [-0.4, -0.2) is 34.9 Å². The predicted molar refractivity (Wildman–Crippen MR) is 102 cm³/mol. The lowest BCUT2D eigenvalue weighted by Crippen LogP contribution is -2.47. The van der Waals surface area contributed by atoms with Crippen LogP contribution in [0.3, 0.4) is 0 Å². The fraction of sp³-hybridized carbons (Fsp3) is 0.500. The van der Waals surface area contributed by atoms with Crippen molar-refractivity contribution in [3.05, 3.63) is 28.5 Å². The topological polar surface area (TPSA) is 72.4 Å². The molecule has 24 heavy (non-hydrogen) atoms. The first kappa shape index (κ1) is 21.0. The number of furan rings is 1. The van der Waals surface area contributed by atoms with Gasteiger partial charge in [-0.25, -0.2) is 4.98 Å². The largest absolute Gasteiger partial charge is 0.459 e. The lowest BCUT2D eigenvalue weighted by atomic mass is 10.0. The highest BCUT2D eigenvalue weighted by molar-refractivity contribution is 7.17. The highest BCUT2D eigenvalue weighted by Gasteiger charge is 2.29. The van der Waals surface area contributed by atoms with E-state index in [1.54, 1.807) is 0 Å². The van der Waals surface area contributed by atoms with Crippen LogP contribution in [0, 0.1) is 13.8 Å². The number of nitrogens with two attached hydrogens (primary N) is 1. The number of carbonyl (C=O) groups is 1. The summed E-state index contributed by atoms with van der Waals surface area (Å²) in [4.78, 5) is 20.0. The number of thiazole rings is 1. The molecule has 2 aromatic heterocycles. The molecule has 3 rings (SSSR count). The van der Waals surface area contributed by atoms with Gasteiger partial charge in [0.15, 0.2) is 10.8 Å². The van der Waals surface area contributed by atoms with Gasteiger partial charge in [0, 0.05) is 19.1 Å². The van der Waals surface area contributed by atoms with Gasteiger partial charge in [0.25, 0.3) is 5.91 Å². The van der Waals surface area contributed by atoms with Crippen LogP contribution in [0.25, 0.3) is 10.8 Å².